The van der Waals surface area contributed by atoms with Crippen LogP contribution in [0.3, 0.4) is 0 Å². The molecule has 0 atom stereocenters. The zero-order valence-electron chi connectivity index (χ0n) is 12.9. The van der Waals surface area contributed by atoms with E-state index >= 15 is 0 Å². The maximum atomic E-state index is 11.7. The summed E-state index contributed by atoms with van der Waals surface area (Å²) in [6.45, 7) is 7.92. The second-order valence-electron chi connectivity index (χ2n) is 5.95. The number of ether oxygens (including phenoxy) is 1. The number of aromatic nitrogens is 2. The molecule has 21 heavy (non-hydrogen) atoms. The van der Waals surface area contributed by atoms with E-state index in [-0.39, 0.29) is 0 Å². The number of amides is 1. The molecular weight excluding hydrogens is 266 g/mol. The number of carbonyl (C=O) groups is 1. The normalized spacial score (nSPS) is 11.2. The topological polar surface area (TPSA) is 56.2 Å². The third kappa shape index (κ3) is 4.34. The first-order valence-corrected chi connectivity index (χ1v) is 6.90. The van der Waals surface area contributed by atoms with Crippen molar-refractivity contribution in [2.24, 2.45) is 0 Å². The smallest absolute Gasteiger partial charge is 0.407 e. The zero-order valence-corrected chi connectivity index (χ0v) is 12.9. The van der Waals surface area contributed by atoms with Crippen molar-refractivity contribution in [3.8, 4) is 5.69 Å². The summed E-state index contributed by atoms with van der Waals surface area (Å²) in [7, 11) is 0. The number of alkyl carbamates (subject to hydrolysis) is 1. The zero-order chi connectivity index (χ0) is 15.5. The second-order valence-corrected chi connectivity index (χ2v) is 5.95. The molecule has 1 aromatic heterocycles. The molecule has 0 fully saturated rings. The lowest BCUT2D eigenvalue weighted by atomic mass is 10.2. The maximum Gasteiger partial charge on any atom is 0.407 e. The molecular formula is C16H21N3O2. The van der Waals surface area contributed by atoms with Crippen molar-refractivity contribution in [2.75, 3.05) is 0 Å². The Morgan fingerprint density at radius 3 is 2.57 bits per heavy atom. The lowest BCUT2D eigenvalue weighted by Gasteiger charge is -2.19. The second kappa shape index (κ2) is 5.99. The minimum atomic E-state index is -0.499. The van der Waals surface area contributed by atoms with E-state index in [0.717, 1.165) is 11.4 Å². The average Bonchev–Trinajstić information content (AvgIpc) is 2.83. The number of hydrogen-bond acceptors (Lipinski definition) is 3. The fourth-order valence-electron chi connectivity index (χ4n) is 1.87. The molecule has 5 heteroatoms. The molecule has 2 aromatic rings. The van der Waals surface area contributed by atoms with Crippen LogP contribution < -0.4 is 5.32 Å². The molecule has 0 bridgehead atoms. The van der Waals surface area contributed by atoms with Crippen LogP contribution in [0.15, 0.2) is 36.8 Å². The number of imidazole rings is 1. The van der Waals surface area contributed by atoms with Crippen LogP contribution in [-0.2, 0) is 11.3 Å². The van der Waals surface area contributed by atoms with Crippen LogP contribution in [0.5, 0.6) is 0 Å². The molecule has 0 saturated heterocycles. The molecule has 1 heterocycles. The molecule has 1 amide bonds. The Hall–Kier alpha value is -2.30. The number of hydrogen-bond donors (Lipinski definition) is 1. The number of nitrogens with one attached hydrogen (secondary N) is 1. The molecule has 1 N–H and O–H groups in total. The molecule has 0 aliphatic rings. The molecule has 0 spiro atoms. The molecule has 5 nitrogen and oxygen atoms in total. The fraction of sp³-hybridized carbons (Fsp3) is 0.375. The summed E-state index contributed by atoms with van der Waals surface area (Å²) in [5.74, 6) is 0. The van der Waals surface area contributed by atoms with Gasteiger partial charge >= 0.3 is 6.09 Å². The molecule has 112 valence electrons. The van der Waals surface area contributed by atoms with Crippen LogP contribution in [0.25, 0.3) is 5.69 Å². The third-order valence-electron chi connectivity index (χ3n) is 2.84. The summed E-state index contributed by atoms with van der Waals surface area (Å²) in [5.41, 5.74) is 2.61. The van der Waals surface area contributed by atoms with E-state index in [1.165, 1.54) is 5.56 Å². The largest absolute Gasteiger partial charge is 0.444 e. The number of carbonyl (C=O) groups excluding carboxylic acids is 1. The van der Waals surface area contributed by atoms with E-state index in [1.807, 2.05) is 56.5 Å². The van der Waals surface area contributed by atoms with Gasteiger partial charge in [0, 0.05) is 5.69 Å². The minimum absolute atomic E-state index is 0.364. The summed E-state index contributed by atoms with van der Waals surface area (Å²) < 4.78 is 7.16. The van der Waals surface area contributed by atoms with Gasteiger partial charge in [0.05, 0.1) is 24.8 Å². The van der Waals surface area contributed by atoms with Gasteiger partial charge in [0.15, 0.2) is 0 Å². The number of benzene rings is 1. The highest BCUT2D eigenvalue weighted by molar-refractivity contribution is 5.67. The minimum Gasteiger partial charge on any atom is -0.444 e. The maximum absolute atomic E-state index is 11.7. The summed E-state index contributed by atoms with van der Waals surface area (Å²) in [4.78, 5) is 15.8. The molecule has 1 aromatic carbocycles. The van der Waals surface area contributed by atoms with Gasteiger partial charge in [-0.1, -0.05) is 17.7 Å². The predicted molar refractivity (Wildman–Crippen MR) is 81.4 cm³/mol. The number of aryl methyl sites for hydroxylation is 1. The van der Waals surface area contributed by atoms with Gasteiger partial charge in [-0.2, -0.15) is 0 Å². The van der Waals surface area contributed by atoms with Gasteiger partial charge in [0.1, 0.15) is 5.60 Å². The van der Waals surface area contributed by atoms with Gasteiger partial charge in [0.25, 0.3) is 0 Å². The van der Waals surface area contributed by atoms with Crippen molar-refractivity contribution in [2.45, 2.75) is 39.8 Å². The number of nitrogens with zero attached hydrogens (tertiary/aromatic N) is 2. The van der Waals surface area contributed by atoms with Crippen molar-refractivity contribution in [1.29, 1.82) is 0 Å². The van der Waals surface area contributed by atoms with Crippen LogP contribution in [0.2, 0.25) is 0 Å². The van der Waals surface area contributed by atoms with Crippen molar-refractivity contribution in [1.82, 2.24) is 14.9 Å². The van der Waals surface area contributed by atoms with Gasteiger partial charge < -0.3 is 14.6 Å². The Balaban J connectivity index is 2.04. The highest BCUT2D eigenvalue weighted by Gasteiger charge is 2.16. The first-order chi connectivity index (χ1) is 9.85. The van der Waals surface area contributed by atoms with Crippen LogP contribution >= 0.6 is 0 Å². The van der Waals surface area contributed by atoms with Gasteiger partial charge in [-0.05, 0) is 39.8 Å². The van der Waals surface area contributed by atoms with Gasteiger partial charge in [-0.25, -0.2) is 9.78 Å². The quantitative estimate of drug-likeness (QED) is 0.943. The SMILES string of the molecule is Cc1ccc(-n2cncc2CNC(=O)OC(C)(C)C)cc1. The van der Waals surface area contributed by atoms with Crippen molar-refractivity contribution in [3.05, 3.63) is 48.0 Å². The number of rotatable bonds is 3. The highest BCUT2D eigenvalue weighted by Crippen LogP contribution is 2.13. The van der Waals surface area contributed by atoms with Crippen LogP contribution in [-0.4, -0.2) is 21.2 Å². The lowest BCUT2D eigenvalue weighted by Crippen LogP contribution is -2.32. The fourth-order valence-corrected chi connectivity index (χ4v) is 1.87. The van der Waals surface area contributed by atoms with E-state index < -0.39 is 11.7 Å². The van der Waals surface area contributed by atoms with E-state index in [9.17, 15) is 4.79 Å². The summed E-state index contributed by atoms with van der Waals surface area (Å²) in [6.07, 6.45) is 3.03. The Bertz CT molecular complexity index is 609. The van der Waals surface area contributed by atoms with E-state index in [2.05, 4.69) is 10.3 Å². The van der Waals surface area contributed by atoms with E-state index in [0.29, 0.717) is 6.54 Å². The van der Waals surface area contributed by atoms with Gasteiger partial charge in [-0.15, -0.1) is 0 Å². The molecule has 0 aliphatic heterocycles. The Morgan fingerprint density at radius 1 is 1.29 bits per heavy atom. The molecule has 0 radical (unpaired) electrons. The molecule has 0 unspecified atom stereocenters. The first-order valence-electron chi connectivity index (χ1n) is 6.90. The van der Waals surface area contributed by atoms with E-state index in [1.54, 1.807) is 12.5 Å². The first kappa shape index (κ1) is 15.1. The van der Waals surface area contributed by atoms with Crippen LogP contribution in [0, 0.1) is 6.92 Å². The summed E-state index contributed by atoms with van der Waals surface area (Å²) >= 11 is 0. The van der Waals surface area contributed by atoms with Crippen molar-refractivity contribution in [3.63, 3.8) is 0 Å². The average molecular weight is 287 g/mol. The Morgan fingerprint density at radius 2 is 1.95 bits per heavy atom. The predicted octanol–water partition coefficient (Wildman–Crippen LogP) is 3.21. The molecule has 2 rings (SSSR count). The monoisotopic (exact) mass is 287 g/mol. The molecule has 0 saturated carbocycles. The summed E-state index contributed by atoms with van der Waals surface area (Å²) in [6, 6.07) is 8.13. The van der Waals surface area contributed by atoms with Crippen LogP contribution in [0.1, 0.15) is 32.0 Å². The molecule has 0 aliphatic carbocycles. The lowest BCUT2D eigenvalue weighted by molar-refractivity contribution is 0.0522. The van der Waals surface area contributed by atoms with Crippen molar-refractivity contribution >= 4 is 6.09 Å². The van der Waals surface area contributed by atoms with Crippen LogP contribution in [0.4, 0.5) is 4.79 Å². The highest BCUT2D eigenvalue weighted by atomic mass is 16.6. The Kier molecular flexibility index (Phi) is 4.31. The van der Waals surface area contributed by atoms with Crippen molar-refractivity contribution < 1.29 is 9.53 Å². The van der Waals surface area contributed by atoms with Gasteiger partial charge in [0.2, 0.25) is 0 Å². The Labute approximate surface area is 125 Å². The standard InChI is InChI=1S/C16H21N3O2/c1-12-5-7-13(8-6-12)19-11-17-9-14(19)10-18-15(20)21-16(2,3)4/h5-9,11H,10H2,1-4H3,(H,18,20). The van der Waals surface area contributed by atoms with Gasteiger partial charge in [-0.3, -0.25) is 0 Å². The third-order valence-corrected chi connectivity index (χ3v) is 2.84. The van der Waals surface area contributed by atoms with E-state index in [4.69, 9.17) is 4.74 Å². The summed E-state index contributed by atoms with van der Waals surface area (Å²) in [5, 5.41) is 2.74.